The molecule has 3 heterocycles. The maximum absolute atomic E-state index is 13.4. The van der Waals surface area contributed by atoms with Gasteiger partial charge in [-0.05, 0) is 75.0 Å². The third-order valence-electron chi connectivity index (χ3n) is 6.29. The maximum atomic E-state index is 13.4. The molecule has 2 fully saturated rings. The van der Waals surface area contributed by atoms with Crippen molar-refractivity contribution in [2.75, 3.05) is 26.2 Å². The zero-order valence-corrected chi connectivity index (χ0v) is 15.7. The van der Waals surface area contributed by atoms with Gasteiger partial charge in [0.1, 0.15) is 5.82 Å². The fraction of sp³-hybridized carbons (Fsp3) is 0.571. The average Bonchev–Trinajstić information content (AvgIpc) is 3.04. The topological polar surface area (TPSA) is 24.3 Å². The number of nitrogens with zero attached hydrogens (tertiary/aromatic N) is 4. The van der Waals surface area contributed by atoms with Gasteiger partial charge in [0.15, 0.2) is 0 Å². The summed E-state index contributed by atoms with van der Waals surface area (Å²) in [5.41, 5.74) is 2.93. The van der Waals surface area contributed by atoms with Crippen molar-refractivity contribution < 1.29 is 4.39 Å². The lowest BCUT2D eigenvalue weighted by molar-refractivity contribution is 0.0299. The number of benzene rings is 1. The molecule has 5 heteroatoms. The van der Waals surface area contributed by atoms with Crippen LogP contribution in [0.5, 0.6) is 0 Å². The molecular formula is C21H29FN4. The molecule has 0 unspecified atom stereocenters. The second-order valence-corrected chi connectivity index (χ2v) is 8.20. The minimum atomic E-state index is -0.128. The van der Waals surface area contributed by atoms with Gasteiger partial charge in [-0.3, -0.25) is 14.5 Å². The molecule has 0 saturated carbocycles. The summed E-state index contributed by atoms with van der Waals surface area (Å²) in [5, 5.41) is 4.27. The van der Waals surface area contributed by atoms with Crippen LogP contribution in [-0.2, 0) is 20.1 Å². The van der Waals surface area contributed by atoms with E-state index in [2.05, 4.69) is 21.1 Å². The lowest BCUT2D eigenvalue weighted by Crippen LogP contribution is -2.46. The molecule has 4 nitrogen and oxygen atoms in total. The summed E-state index contributed by atoms with van der Waals surface area (Å²) >= 11 is 0. The SMILES string of the molecule is Cn1cc(CN2CCC3(CCN(Cc4cccc(F)c4)CC3)CC2)cn1. The summed E-state index contributed by atoms with van der Waals surface area (Å²) < 4.78 is 15.3. The smallest absolute Gasteiger partial charge is 0.123 e. The van der Waals surface area contributed by atoms with E-state index in [-0.39, 0.29) is 5.82 Å². The van der Waals surface area contributed by atoms with E-state index in [4.69, 9.17) is 0 Å². The van der Waals surface area contributed by atoms with Gasteiger partial charge in [0.25, 0.3) is 0 Å². The number of rotatable bonds is 4. The molecule has 140 valence electrons. The second kappa shape index (κ2) is 7.49. The van der Waals surface area contributed by atoms with Crippen molar-refractivity contribution in [2.45, 2.75) is 38.8 Å². The highest BCUT2D eigenvalue weighted by Crippen LogP contribution is 2.41. The number of hydrogen-bond acceptors (Lipinski definition) is 3. The summed E-state index contributed by atoms with van der Waals surface area (Å²) in [6, 6.07) is 7.04. The molecule has 0 amide bonds. The van der Waals surface area contributed by atoms with Crippen molar-refractivity contribution in [3.8, 4) is 0 Å². The van der Waals surface area contributed by atoms with E-state index in [1.54, 1.807) is 6.07 Å². The Morgan fingerprint density at radius 2 is 1.58 bits per heavy atom. The van der Waals surface area contributed by atoms with Crippen molar-refractivity contribution in [3.63, 3.8) is 0 Å². The van der Waals surface area contributed by atoms with Crippen LogP contribution in [0.1, 0.15) is 36.8 Å². The lowest BCUT2D eigenvalue weighted by Gasteiger charge is -2.47. The zero-order chi connectivity index (χ0) is 18.0. The van der Waals surface area contributed by atoms with Crippen molar-refractivity contribution in [1.29, 1.82) is 0 Å². The van der Waals surface area contributed by atoms with E-state index in [9.17, 15) is 4.39 Å². The van der Waals surface area contributed by atoms with Gasteiger partial charge in [0.2, 0.25) is 0 Å². The molecule has 0 aliphatic carbocycles. The number of aromatic nitrogens is 2. The number of halogens is 1. The van der Waals surface area contributed by atoms with Crippen LogP contribution >= 0.6 is 0 Å². The number of aryl methyl sites for hydroxylation is 1. The number of piperidine rings is 2. The molecule has 2 saturated heterocycles. The maximum Gasteiger partial charge on any atom is 0.123 e. The third-order valence-corrected chi connectivity index (χ3v) is 6.29. The summed E-state index contributed by atoms with van der Waals surface area (Å²) in [7, 11) is 1.98. The van der Waals surface area contributed by atoms with Crippen LogP contribution in [-0.4, -0.2) is 45.8 Å². The largest absolute Gasteiger partial charge is 0.299 e. The Labute approximate surface area is 155 Å². The molecular weight excluding hydrogens is 327 g/mol. The van der Waals surface area contributed by atoms with E-state index >= 15 is 0 Å². The molecule has 0 radical (unpaired) electrons. The number of likely N-dealkylation sites (tertiary alicyclic amines) is 2. The van der Waals surface area contributed by atoms with Crippen LogP contribution in [0.3, 0.4) is 0 Å². The number of hydrogen-bond donors (Lipinski definition) is 0. The van der Waals surface area contributed by atoms with E-state index in [1.165, 1.54) is 50.4 Å². The van der Waals surface area contributed by atoms with Crippen molar-refractivity contribution >= 4 is 0 Å². The molecule has 0 N–H and O–H groups in total. The fourth-order valence-corrected chi connectivity index (χ4v) is 4.58. The Bertz CT molecular complexity index is 723. The van der Waals surface area contributed by atoms with Gasteiger partial charge in [-0.25, -0.2) is 4.39 Å². The zero-order valence-electron chi connectivity index (χ0n) is 15.7. The summed E-state index contributed by atoms with van der Waals surface area (Å²) in [5.74, 6) is -0.128. The van der Waals surface area contributed by atoms with Crippen LogP contribution in [0, 0.1) is 11.2 Å². The molecule has 4 rings (SSSR count). The van der Waals surface area contributed by atoms with Gasteiger partial charge in [0.05, 0.1) is 6.20 Å². The Morgan fingerprint density at radius 1 is 0.962 bits per heavy atom. The minimum absolute atomic E-state index is 0.128. The van der Waals surface area contributed by atoms with Gasteiger partial charge >= 0.3 is 0 Å². The molecule has 0 bridgehead atoms. The Morgan fingerprint density at radius 3 is 2.12 bits per heavy atom. The quantitative estimate of drug-likeness (QED) is 0.839. The average molecular weight is 356 g/mol. The van der Waals surface area contributed by atoms with Gasteiger partial charge in [0, 0.05) is 31.9 Å². The van der Waals surface area contributed by atoms with Crippen LogP contribution in [0.2, 0.25) is 0 Å². The first-order valence-electron chi connectivity index (χ1n) is 9.77. The molecule has 1 aromatic carbocycles. The summed E-state index contributed by atoms with van der Waals surface area (Å²) in [6.07, 6.45) is 9.28. The van der Waals surface area contributed by atoms with Gasteiger partial charge in [-0.15, -0.1) is 0 Å². The van der Waals surface area contributed by atoms with Gasteiger partial charge in [-0.1, -0.05) is 12.1 Å². The van der Waals surface area contributed by atoms with Crippen LogP contribution in [0.15, 0.2) is 36.7 Å². The first-order valence-corrected chi connectivity index (χ1v) is 9.77. The van der Waals surface area contributed by atoms with Crippen LogP contribution in [0.25, 0.3) is 0 Å². The highest BCUT2D eigenvalue weighted by Gasteiger charge is 2.37. The molecule has 1 aromatic heterocycles. The van der Waals surface area contributed by atoms with Crippen molar-refractivity contribution in [3.05, 3.63) is 53.6 Å². The van der Waals surface area contributed by atoms with Crippen molar-refractivity contribution in [1.82, 2.24) is 19.6 Å². The molecule has 2 aliphatic rings. The van der Waals surface area contributed by atoms with Gasteiger partial charge in [-0.2, -0.15) is 5.10 Å². The first-order chi connectivity index (χ1) is 12.6. The predicted molar refractivity (Wildman–Crippen MR) is 101 cm³/mol. The van der Waals surface area contributed by atoms with E-state index in [0.29, 0.717) is 5.41 Å². The molecule has 2 aromatic rings. The molecule has 1 spiro atoms. The van der Waals surface area contributed by atoms with E-state index in [0.717, 1.165) is 31.7 Å². The third kappa shape index (κ3) is 4.15. The second-order valence-electron chi connectivity index (χ2n) is 8.20. The van der Waals surface area contributed by atoms with Gasteiger partial charge < -0.3 is 0 Å². The fourth-order valence-electron chi connectivity index (χ4n) is 4.58. The molecule has 2 aliphatic heterocycles. The molecule has 26 heavy (non-hydrogen) atoms. The van der Waals surface area contributed by atoms with E-state index in [1.807, 2.05) is 30.1 Å². The predicted octanol–water partition coefficient (Wildman–Crippen LogP) is 3.44. The van der Waals surface area contributed by atoms with Crippen LogP contribution < -0.4 is 0 Å². The monoisotopic (exact) mass is 356 g/mol. The highest BCUT2D eigenvalue weighted by atomic mass is 19.1. The Kier molecular flexibility index (Phi) is 5.09. The Hall–Kier alpha value is -1.72. The summed E-state index contributed by atoms with van der Waals surface area (Å²) in [4.78, 5) is 5.06. The summed E-state index contributed by atoms with van der Waals surface area (Å²) in [6.45, 7) is 6.56. The molecule has 0 atom stereocenters. The standard InChI is InChI=1S/C21H29FN4/c1-24-15-19(14-23-24)17-26-11-7-21(8-12-26)5-9-25(10-6-21)16-18-3-2-4-20(22)13-18/h2-4,13-15H,5-12,16-17H2,1H3. The lowest BCUT2D eigenvalue weighted by atomic mass is 9.71. The highest BCUT2D eigenvalue weighted by molar-refractivity contribution is 5.16. The van der Waals surface area contributed by atoms with Crippen LogP contribution in [0.4, 0.5) is 4.39 Å². The minimum Gasteiger partial charge on any atom is -0.299 e. The Balaban J connectivity index is 1.25. The first kappa shape index (κ1) is 17.7. The van der Waals surface area contributed by atoms with Crippen molar-refractivity contribution in [2.24, 2.45) is 12.5 Å². The normalized spacial score (nSPS) is 21.3. The van der Waals surface area contributed by atoms with E-state index < -0.39 is 0 Å².